The van der Waals surface area contributed by atoms with Crippen LogP contribution in [0.5, 0.6) is 0 Å². The van der Waals surface area contributed by atoms with Crippen molar-refractivity contribution in [2.75, 3.05) is 6.61 Å². The highest BCUT2D eigenvalue weighted by atomic mass is 32.1. The minimum Gasteiger partial charge on any atom is -0.373 e. The molecule has 1 unspecified atom stereocenters. The van der Waals surface area contributed by atoms with Crippen LogP contribution >= 0.6 is 11.3 Å². The molecule has 0 saturated heterocycles. The molecular weight excluding hydrogens is 232 g/mol. The molecule has 4 heteroatoms. The highest BCUT2D eigenvalue weighted by Gasteiger charge is 2.43. The van der Waals surface area contributed by atoms with Crippen molar-refractivity contribution in [1.29, 1.82) is 0 Å². The molecule has 3 N–H and O–H groups in total. The Morgan fingerprint density at radius 2 is 2.24 bits per heavy atom. The highest BCUT2D eigenvalue weighted by molar-refractivity contribution is 7.10. The van der Waals surface area contributed by atoms with E-state index in [0.29, 0.717) is 0 Å². The Morgan fingerprint density at radius 3 is 2.71 bits per heavy atom. The number of nitrogens with one attached hydrogen (secondary N) is 1. The van der Waals surface area contributed by atoms with Crippen LogP contribution in [0.1, 0.15) is 49.1 Å². The molecule has 2 rings (SSSR count). The zero-order valence-corrected chi connectivity index (χ0v) is 11.5. The normalized spacial score (nSPS) is 20.6. The Kier molecular flexibility index (Phi) is 4.20. The molecule has 0 amide bonds. The van der Waals surface area contributed by atoms with E-state index in [9.17, 15) is 0 Å². The number of thiophene rings is 1. The average molecular weight is 254 g/mol. The standard InChI is InChI=1S/C13H22N2OS/c1-3-16-13(7-4-5-8-13)12(15-14)11-6-9-17-10(11)2/h6,9,12,15H,3-5,7-8,14H2,1-2H3. The fraction of sp³-hybridized carbons (Fsp3) is 0.692. The summed E-state index contributed by atoms with van der Waals surface area (Å²) in [4.78, 5) is 1.33. The summed E-state index contributed by atoms with van der Waals surface area (Å²) in [5.74, 6) is 5.80. The summed E-state index contributed by atoms with van der Waals surface area (Å²) in [5, 5.41) is 2.13. The van der Waals surface area contributed by atoms with Crippen molar-refractivity contribution in [3.63, 3.8) is 0 Å². The van der Waals surface area contributed by atoms with E-state index in [1.165, 1.54) is 23.3 Å². The van der Waals surface area contributed by atoms with Crippen LogP contribution in [0, 0.1) is 6.92 Å². The van der Waals surface area contributed by atoms with Crippen molar-refractivity contribution < 1.29 is 4.74 Å². The van der Waals surface area contributed by atoms with Gasteiger partial charge in [-0.2, -0.15) is 0 Å². The summed E-state index contributed by atoms with van der Waals surface area (Å²) in [5.41, 5.74) is 4.19. The second-order valence-corrected chi connectivity index (χ2v) is 5.86. The van der Waals surface area contributed by atoms with E-state index < -0.39 is 0 Å². The van der Waals surface area contributed by atoms with E-state index in [-0.39, 0.29) is 11.6 Å². The molecule has 0 aliphatic heterocycles. The van der Waals surface area contributed by atoms with Crippen LogP contribution < -0.4 is 11.3 Å². The van der Waals surface area contributed by atoms with E-state index in [1.807, 2.05) is 0 Å². The second-order valence-electron chi connectivity index (χ2n) is 4.74. The average Bonchev–Trinajstić information content (AvgIpc) is 2.92. The maximum atomic E-state index is 6.08. The Bertz CT molecular complexity index is 358. The fourth-order valence-electron chi connectivity index (χ4n) is 3.00. The molecule has 1 aromatic rings. The van der Waals surface area contributed by atoms with Gasteiger partial charge in [-0.25, -0.2) is 0 Å². The minimum atomic E-state index is -0.102. The largest absolute Gasteiger partial charge is 0.373 e. The Balaban J connectivity index is 2.29. The smallest absolute Gasteiger partial charge is 0.0889 e. The molecule has 0 radical (unpaired) electrons. The molecule has 1 saturated carbocycles. The lowest BCUT2D eigenvalue weighted by atomic mass is 9.87. The van der Waals surface area contributed by atoms with Gasteiger partial charge in [-0.15, -0.1) is 11.3 Å². The van der Waals surface area contributed by atoms with Gasteiger partial charge in [0.05, 0.1) is 11.6 Å². The van der Waals surface area contributed by atoms with Gasteiger partial charge < -0.3 is 4.74 Å². The van der Waals surface area contributed by atoms with E-state index in [2.05, 4.69) is 30.7 Å². The monoisotopic (exact) mass is 254 g/mol. The first-order chi connectivity index (χ1) is 8.23. The molecule has 1 atom stereocenters. The van der Waals surface area contributed by atoms with Crippen molar-refractivity contribution in [3.8, 4) is 0 Å². The molecule has 1 aliphatic rings. The third-order valence-electron chi connectivity index (χ3n) is 3.78. The lowest BCUT2D eigenvalue weighted by Gasteiger charge is -2.37. The van der Waals surface area contributed by atoms with Gasteiger partial charge in [0.25, 0.3) is 0 Å². The van der Waals surface area contributed by atoms with Crippen molar-refractivity contribution >= 4 is 11.3 Å². The second kappa shape index (κ2) is 5.48. The molecular formula is C13H22N2OS. The summed E-state index contributed by atoms with van der Waals surface area (Å²) < 4.78 is 6.08. The first-order valence-corrected chi connectivity index (χ1v) is 7.25. The lowest BCUT2D eigenvalue weighted by molar-refractivity contribution is -0.0627. The SMILES string of the molecule is CCOC1(C(NN)c2ccsc2C)CCCC1. The van der Waals surface area contributed by atoms with Gasteiger partial charge in [0.15, 0.2) is 0 Å². The van der Waals surface area contributed by atoms with Crippen LogP contribution in [0.25, 0.3) is 0 Å². The van der Waals surface area contributed by atoms with Crippen molar-refractivity contribution in [2.45, 2.75) is 51.2 Å². The minimum absolute atomic E-state index is 0.102. The molecule has 1 aliphatic carbocycles. The number of ether oxygens (including phenoxy) is 1. The molecule has 96 valence electrons. The van der Waals surface area contributed by atoms with Crippen molar-refractivity contribution in [2.24, 2.45) is 5.84 Å². The fourth-order valence-corrected chi connectivity index (χ4v) is 3.74. The number of hydrogen-bond donors (Lipinski definition) is 2. The number of nitrogens with two attached hydrogens (primary N) is 1. The van der Waals surface area contributed by atoms with E-state index in [4.69, 9.17) is 10.6 Å². The molecule has 0 bridgehead atoms. The van der Waals surface area contributed by atoms with Crippen LogP contribution in [0.3, 0.4) is 0 Å². The van der Waals surface area contributed by atoms with Gasteiger partial charge in [0.1, 0.15) is 0 Å². The first-order valence-electron chi connectivity index (χ1n) is 6.37. The van der Waals surface area contributed by atoms with Crippen molar-refractivity contribution in [1.82, 2.24) is 5.43 Å². The molecule has 1 heterocycles. The highest BCUT2D eigenvalue weighted by Crippen LogP contribution is 2.44. The third-order valence-corrected chi connectivity index (χ3v) is 4.65. The van der Waals surface area contributed by atoms with Crippen LogP contribution in [0.2, 0.25) is 0 Å². The summed E-state index contributed by atoms with van der Waals surface area (Å²) in [7, 11) is 0. The summed E-state index contributed by atoms with van der Waals surface area (Å²) in [6, 6.07) is 2.29. The molecule has 0 spiro atoms. The topological polar surface area (TPSA) is 47.3 Å². The molecule has 0 aromatic carbocycles. The van der Waals surface area contributed by atoms with Gasteiger partial charge >= 0.3 is 0 Å². The number of rotatable bonds is 5. The summed E-state index contributed by atoms with van der Waals surface area (Å²) in [6.45, 7) is 4.97. The van der Waals surface area contributed by atoms with Gasteiger partial charge in [0, 0.05) is 11.5 Å². The number of aryl methyl sites for hydroxylation is 1. The Morgan fingerprint density at radius 1 is 1.53 bits per heavy atom. The van der Waals surface area contributed by atoms with Gasteiger partial charge in [-0.05, 0) is 43.7 Å². The Labute approximate surface area is 107 Å². The van der Waals surface area contributed by atoms with Crippen LogP contribution in [-0.2, 0) is 4.74 Å². The maximum absolute atomic E-state index is 6.08. The first kappa shape index (κ1) is 13.0. The predicted octanol–water partition coefficient (Wildman–Crippen LogP) is 2.91. The lowest BCUT2D eigenvalue weighted by Crippen LogP contribution is -2.47. The van der Waals surface area contributed by atoms with E-state index >= 15 is 0 Å². The maximum Gasteiger partial charge on any atom is 0.0889 e. The summed E-state index contributed by atoms with van der Waals surface area (Å²) in [6.07, 6.45) is 4.68. The third kappa shape index (κ3) is 2.40. The zero-order valence-electron chi connectivity index (χ0n) is 10.7. The predicted molar refractivity (Wildman–Crippen MR) is 71.9 cm³/mol. The molecule has 1 fully saturated rings. The van der Waals surface area contributed by atoms with Crippen LogP contribution in [0.4, 0.5) is 0 Å². The van der Waals surface area contributed by atoms with Crippen molar-refractivity contribution in [3.05, 3.63) is 21.9 Å². The number of hydrazine groups is 1. The molecule has 17 heavy (non-hydrogen) atoms. The van der Waals surface area contributed by atoms with Gasteiger partial charge in [-0.1, -0.05) is 12.8 Å². The zero-order chi connectivity index (χ0) is 12.3. The van der Waals surface area contributed by atoms with E-state index in [1.54, 1.807) is 11.3 Å². The Hall–Kier alpha value is -0.420. The van der Waals surface area contributed by atoms with Gasteiger partial charge in [0.2, 0.25) is 0 Å². The number of hydrogen-bond acceptors (Lipinski definition) is 4. The van der Waals surface area contributed by atoms with Gasteiger partial charge in [-0.3, -0.25) is 11.3 Å². The van der Waals surface area contributed by atoms with E-state index in [0.717, 1.165) is 19.4 Å². The molecule has 1 aromatic heterocycles. The summed E-state index contributed by atoms with van der Waals surface area (Å²) >= 11 is 1.77. The quantitative estimate of drug-likeness (QED) is 0.627. The van der Waals surface area contributed by atoms with Crippen LogP contribution in [0.15, 0.2) is 11.4 Å². The van der Waals surface area contributed by atoms with Crippen LogP contribution in [-0.4, -0.2) is 12.2 Å². The molecule has 3 nitrogen and oxygen atoms in total.